The first-order chi connectivity index (χ1) is 14.0. The number of carbonyl (C=O) groups is 1. The molecule has 2 unspecified atom stereocenters. The van der Waals surface area contributed by atoms with Crippen molar-refractivity contribution >= 4 is 11.6 Å². The van der Waals surface area contributed by atoms with Crippen LogP contribution in [-0.2, 0) is 4.79 Å². The van der Waals surface area contributed by atoms with Gasteiger partial charge in [0.1, 0.15) is 17.4 Å². The van der Waals surface area contributed by atoms with Gasteiger partial charge in [-0.1, -0.05) is 12.1 Å². The Balaban J connectivity index is 1.70. The lowest BCUT2D eigenvalue weighted by atomic mass is 9.73. The summed E-state index contributed by atoms with van der Waals surface area (Å²) in [5.74, 6) is -0.429. The first kappa shape index (κ1) is 17.4. The summed E-state index contributed by atoms with van der Waals surface area (Å²) in [5.41, 5.74) is 0.699. The van der Waals surface area contributed by atoms with E-state index in [2.05, 4.69) is 15.3 Å². The van der Waals surface area contributed by atoms with Crippen LogP contribution in [0.1, 0.15) is 41.6 Å². The summed E-state index contributed by atoms with van der Waals surface area (Å²) in [6.45, 7) is 0. The lowest BCUT2D eigenvalue weighted by Crippen LogP contribution is -2.37. The van der Waals surface area contributed by atoms with E-state index in [1.54, 1.807) is 24.5 Å². The van der Waals surface area contributed by atoms with Crippen LogP contribution in [0.15, 0.2) is 67.9 Å². The number of allylic oxidation sites excluding steroid dienone is 2. The fourth-order valence-electron chi connectivity index (χ4n) is 4.26. The molecule has 0 saturated carbocycles. The van der Waals surface area contributed by atoms with Crippen molar-refractivity contribution < 1.29 is 13.6 Å². The predicted molar refractivity (Wildman–Crippen MR) is 102 cm³/mol. The Morgan fingerprint density at radius 1 is 1.00 bits per heavy atom. The van der Waals surface area contributed by atoms with Gasteiger partial charge in [0.15, 0.2) is 5.78 Å². The van der Waals surface area contributed by atoms with Gasteiger partial charge in [-0.05, 0) is 36.2 Å². The molecule has 3 N–H and O–H groups in total. The highest BCUT2D eigenvalue weighted by Crippen LogP contribution is 2.46. The number of nitrogens with one attached hydrogen (secondary N) is 3. The molecule has 2 aromatic heterocycles. The molecule has 2 atom stereocenters. The van der Waals surface area contributed by atoms with E-state index >= 15 is 0 Å². The van der Waals surface area contributed by atoms with Crippen molar-refractivity contribution in [2.45, 2.75) is 24.7 Å². The van der Waals surface area contributed by atoms with E-state index in [9.17, 15) is 18.8 Å². The van der Waals surface area contributed by atoms with Gasteiger partial charge >= 0.3 is 5.69 Å². The molecule has 0 saturated heterocycles. The summed E-state index contributed by atoms with van der Waals surface area (Å²) < 4.78 is 19.0. The molecule has 0 radical (unpaired) electrons. The van der Waals surface area contributed by atoms with Gasteiger partial charge in [0, 0.05) is 29.5 Å². The van der Waals surface area contributed by atoms with E-state index in [0.29, 0.717) is 29.0 Å². The standard InChI is InChI=1S/C21H16FN3O4/c22-12-5-3-10(4-6-12)16-17-13(23-19-18(16)20(27)25-21(28)24-19)8-11(9-14(17)26)15-2-1-7-29-15/h1-7,11,16H,8-9H2,(H3,23,24,25,27,28). The zero-order valence-corrected chi connectivity index (χ0v) is 15.1. The normalized spacial score (nSPS) is 20.8. The number of rotatable bonds is 2. The number of carbonyl (C=O) groups excluding carboxylic acids is 1. The fourth-order valence-corrected chi connectivity index (χ4v) is 4.26. The van der Waals surface area contributed by atoms with E-state index in [4.69, 9.17) is 4.42 Å². The number of hydrogen-bond donors (Lipinski definition) is 3. The van der Waals surface area contributed by atoms with Crippen molar-refractivity contribution in [2.24, 2.45) is 0 Å². The van der Waals surface area contributed by atoms with E-state index in [1.165, 1.54) is 12.1 Å². The van der Waals surface area contributed by atoms with E-state index in [-0.39, 0.29) is 29.5 Å². The van der Waals surface area contributed by atoms with Gasteiger partial charge in [0.05, 0.1) is 11.8 Å². The molecule has 1 aliphatic heterocycles. The molecular formula is C21H16FN3O4. The van der Waals surface area contributed by atoms with Gasteiger partial charge in [-0.15, -0.1) is 0 Å². The molecule has 1 aliphatic carbocycles. The first-order valence-electron chi connectivity index (χ1n) is 9.20. The number of anilines is 1. The number of aromatic amines is 2. The Bertz CT molecular complexity index is 1250. The van der Waals surface area contributed by atoms with Crippen LogP contribution in [0.5, 0.6) is 0 Å². The minimum Gasteiger partial charge on any atom is -0.469 e. The fraction of sp³-hybridized carbons (Fsp3) is 0.190. The molecule has 3 heterocycles. The molecule has 0 fully saturated rings. The van der Waals surface area contributed by atoms with Gasteiger partial charge in [-0.2, -0.15) is 0 Å². The number of benzene rings is 1. The van der Waals surface area contributed by atoms with Gasteiger partial charge < -0.3 is 9.73 Å². The Kier molecular flexibility index (Phi) is 3.87. The lowest BCUT2D eigenvalue weighted by Gasteiger charge is -2.35. The third kappa shape index (κ3) is 2.84. The third-order valence-corrected chi connectivity index (χ3v) is 5.49. The van der Waals surface area contributed by atoms with Gasteiger partial charge in [0.25, 0.3) is 5.56 Å². The van der Waals surface area contributed by atoms with Gasteiger partial charge in [-0.3, -0.25) is 19.6 Å². The van der Waals surface area contributed by atoms with Crippen LogP contribution in [-0.4, -0.2) is 15.8 Å². The maximum Gasteiger partial charge on any atom is 0.327 e. The largest absolute Gasteiger partial charge is 0.469 e. The van der Waals surface area contributed by atoms with Crippen LogP contribution in [0.25, 0.3) is 0 Å². The molecule has 7 nitrogen and oxygen atoms in total. The quantitative estimate of drug-likeness (QED) is 0.621. The number of furan rings is 1. The molecule has 5 rings (SSSR count). The predicted octanol–water partition coefficient (Wildman–Crippen LogP) is 2.75. The number of halogens is 1. The molecule has 2 aliphatic rings. The Labute approximate surface area is 163 Å². The maximum absolute atomic E-state index is 13.5. The van der Waals surface area contributed by atoms with E-state index < -0.39 is 23.0 Å². The SMILES string of the molecule is O=C1CC(c2ccco2)CC2=C1C(c1ccc(F)cc1)c1c([nH]c(=O)[nH]c1=O)N2. The summed E-state index contributed by atoms with van der Waals surface area (Å²) in [7, 11) is 0. The van der Waals surface area contributed by atoms with Crippen molar-refractivity contribution in [1.29, 1.82) is 0 Å². The number of aromatic nitrogens is 2. The molecule has 0 bridgehead atoms. The second-order valence-electron chi connectivity index (χ2n) is 7.24. The maximum atomic E-state index is 13.5. The smallest absolute Gasteiger partial charge is 0.327 e. The highest BCUT2D eigenvalue weighted by atomic mass is 19.1. The topological polar surface area (TPSA) is 108 Å². The molecule has 0 amide bonds. The second kappa shape index (κ2) is 6.44. The number of ketones is 1. The van der Waals surface area contributed by atoms with Crippen molar-refractivity contribution in [2.75, 3.05) is 5.32 Å². The third-order valence-electron chi connectivity index (χ3n) is 5.49. The number of hydrogen-bond acceptors (Lipinski definition) is 5. The van der Waals surface area contributed by atoms with Crippen LogP contribution in [0.3, 0.4) is 0 Å². The summed E-state index contributed by atoms with van der Waals surface area (Å²) in [5, 5.41) is 3.08. The van der Waals surface area contributed by atoms with Crippen molar-refractivity contribution in [3.8, 4) is 0 Å². The van der Waals surface area contributed by atoms with E-state index in [1.807, 2.05) is 6.07 Å². The van der Waals surface area contributed by atoms with Crippen LogP contribution >= 0.6 is 0 Å². The minimum atomic E-state index is -0.701. The van der Waals surface area contributed by atoms with Crippen molar-refractivity contribution in [3.63, 3.8) is 0 Å². The zero-order valence-electron chi connectivity index (χ0n) is 15.1. The number of fused-ring (bicyclic) bond motifs is 1. The van der Waals surface area contributed by atoms with Crippen LogP contribution < -0.4 is 16.6 Å². The van der Waals surface area contributed by atoms with Gasteiger partial charge in [0.2, 0.25) is 0 Å². The second-order valence-corrected chi connectivity index (χ2v) is 7.24. The molecule has 146 valence electrons. The zero-order chi connectivity index (χ0) is 20.1. The Hall–Kier alpha value is -3.68. The molecule has 3 aromatic rings. The molecule has 8 heteroatoms. The van der Waals surface area contributed by atoms with Gasteiger partial charge in [-0.25, -0.2) is 9.18 Å². The van der Waals surface area contributed by atoms with Crippen LogP contribution in [0.2, 0.25) is 0 Å². The van der Waals surface area contributed by atoms with Crippen molar-refractivity contribution in [3.05, 3.63) is 97.5 Å². The average molecular weight is 393 g/mol. The highest BCUT2D eigenvalue weighted by Gasteiger charge is 2.40. The number of Topliss-reactive ketones (excluding diaryl/α,β-unsaturated/α-hetero) is 1. The Morgan fingerprint density at radius 3 is 2.52 bits per heavy atom. The number of H-pyrrole nitrogens is 2. The summed E-state index contributed by atoms with van der Waals surface area (Å²) in [4.78, 5) is 42.5. The van der Waals surface area contributed by atoms with Crippen LogP contribution in [0, 0.1) is 5.82 Å². The average Bonchev–Trinajstić information content (AvgIpc) is 3.21. The van der Waals surface area contributed by atoms with Crippen LogP contribution in [0.4, 0.5) is 10.2 Å². The lowest BCUT2D eigenvalue weighted by molar-refractivity contribution is -0.116. The van der Waals surface area contributed by atoms with Crippen molar-refractivity contribution in [1.82, 2.24) is 9.97 Å². The molecule has 29 heavy (non-hydrogen) atoms. The van der Waals surface area contributed by atoms with E-state index in [0.717, 1.165) is 0 Å². The Morgan fingerprint density at radius 2 is 1.79 bits per heavy atom. The summed E-state index contributed by atoms with van der Waals surface area (Å²) in [6.07, 6.45) is 2.29. The minimum absolute atomic E-state index is 0.120. The summed E-state index contributed by atoms with van der Waals surface area (Å²) >= 11 is 0. The molecule has 0 spiro atoms. The highest BCUT2D eigenvalue weighted by molar-refractivity contribution is 6.01. The molecule has 1 aromatic carbocycles. The molecular weight excluding hydrogens is 377 g/mol. The first-order valence-corrected chi connectivity index (χ1v) is 9.20. The monoisotopic (exact) mass is 393 g/mol. The summed E-state index contributed by atoms with van der Waals surface area (Å²) in [6, 6.07) is 9.27.